The first-order chi connectivity index (χ1) is 10.7. The maximum Gasteiger partial charge on any atom is 0.260 e. The molecule has 0 atom stereocenters. The lowest BCUT2D eigenvalue weighted by molar-refractivity contribution is -0.137. The summed E-state index contributed by atoms with van der Waals surface area (Å²) in [6.45, 7) is 2.29. The quantitative estimate of drug-likeness (QED) is 0.840. The van der Waals surface area contributed by atoms with E-state index >= 15 is 0 Å². The minimum absolute atomic E-state index is 0.0334. The zero-order chi connectivity index (χ0) is 15.5. The van der Waals surface area contributed by atoms with Crippen LogP contribution in [0.15, 0.2) is 35.3 Å². The molecule has 22 heavy (non-hydrogen) atoms. The van der Waals surface area contributed by atoms with E-state index in [1.807, 2.05) is 6.07 Å². The number of carbonyl (C=O) groups is 1. The topological polar surface area (TPSA) is 60.8 Å². The van der Waals surface area contributed by atoms with Crippen LogP contribution in [0.3, 0.4) is 0 Å². The van der Waals surface area contributed by atoms with Gasteiger partial charge in [0.1, 0.15) is 5.75 Å². The monoisotopic (exact) mass is 302 g/mol. The molecule has 1 aliphatic rings. The normalized spacial score (nSPS) is 15.0. The molecule has 0 bridgehead atoms. The minimum atomic E-state index is -0.0811. The zero-order valence-corrected chi connectivity index (χ0v) is 12.4. The Balaban J connectivity index is 1.78. The van der Waals surface area contributed by atoms with Crippen molar-refractivity contribution in [2.75, 3.05) is 32.9 Å². The van der Waals surface area contributed by atoms with Crippen LogP contribution in [0, 0.1) is 0 Å². The SMILES string of the molecule is Cn1ccc2c(OCC(=O)N3CCOCC3)cccc2c1=O. The highest BCUT2D eigenvalue weighted by Gasteiger charge is 2.17. The van der Waals surface area contributed by atoms with Crippen LogP contribution in [0.4, 0.5) is 0 Å². The van der Waals surface area contributed by atoms with Crippen molar-refractivity contribution < 1.29 is 14.3 Å². The van der Waals surface area contributed by atoms with Crippen molar-refractivity contribution in [1.29, 1.82) is 0 Å². The number of ether oxygens (including phenoxy) is 2. The molecule has 1 aliphatic heterocycles. The van der Waals surface area contributed by atoms with Crippen LogP contribution in [0.1, 0.15) is 0 Å². The van der Waals surface area contributed by atoms with Crippen molar-refractivity contribution in [3.05, 3.63) is 40.8 Å². The van der Waals surface area contributed by atoms with Gasteiger partial charge in [-0.3, -0.25) is 9.59 Å². The summed E-state index contributed by atoms with van der Waals surface area (Å²) in [5.74, 6) is 0.487. The molecule has 1 fully saturated rings. The summed E-state index contributed by atoms with van der Waals surface area (Å²) < 4.78 is 12.4. The highest BCUT2D eigenvalue weighted by molar-refractivity contribution is 5.88. The fourth-order valence-corrected chi connectivity index (χ4v) is 2.52. The largest absolute Gasteiger partial charge is 0.483 e. The van der Waals surface area contributed by atoms with Gasteiger partial charge in [0.25, 0.3) is 11.5 Å². The Bertz CT molecular complexity index is 747. The molecular weight excluding hydrogens is 284 g/mol. The Morgan fingerprint density at radius 2 is 2.00 bits per heavy atom. The van der Waals surface area contributed by atoms with E-state index in [0.29, 0.717) is 37.4 Å². The Kier molecular flexibility index (Phi) is 4.11. The van der Waals surface area contributed by atoms with Crippen LogP contribution in [0.2, 0.25) is 0 Å². The molecular formula is C16H18N2O4. The van der Waals surface area contributed by atoms with Crippen LogP contribution in [0.25, 0.3) is 10.8 Å². The second kappa shape index (κ2) is 6.19. The molecule has 1 saturated heterocycles. The number of benzene rings is 1. The van der Waals surface area contributed by atoms with Gasteiger partial charge in [-0.05, 0) is 18.2 Å². The number of nitrogens with zero attached hydrogens (tertiary/aromatic N) is 2. The Labute approximate surface area is 127 Å². The molecule has 116 valence electrons. The first-order valence-electron chi connectivity index (χ1n) is 7.23. The van der Waals surface area contributed by atoms with Crippen LogP contribution < -0.4 is 10.3 Å². The van der Waals surface area contributed by atoms with Crippen LogP contribution >= 0.6 is 0 Å². The summed E-state index contributed by atoms with van der Waals surface area (Å²) >= 11 is 0. The standard InChI is InChI=1S/C16H18N2O4/c1-17-6-5-12-13(16(17)20)3-2-4-14(12)22-11-15(19)18-7-9-21-10-8-18/h2-6H,7-11H2,1H3. The summed E-state index contributed by atoms with van der Waals surface area (Å²) in [7, 11) is 1.71. The average Bonchev–Trinajstić information content (AvgIpc) is 2.57. The van der Waals surface area contributed by atoms with E-state index in [1.165, 1.54) is 4.57 Å². The molecule has 0 radical (unpaired) electrons. The Morgan fingerprint density at radius 1 is 1.23 bits per heavy atom. The summed E-state index contributed by atoms with van der Waals surface area (Å²) in [5, 5.41) is 1.31. The lowest BCUT2D eigenvalue weighted by atomic mass is 10.1. The molecule has 0 spiro atoms. The summed E-state index contributed by atoms with van der Waals surface area (Å²) in [6, 6.07) is 7.12. The molecule has 3 rings (SSSR count). The van der Waals surface area contributed by atoms with Crippen LogP contribution in [0.5, 0.6) is 5.75 Å². The fraction of sp³-hybridized carbons (Fsp3) is 0.375. The van der Waals surface area contributed by atoms with Gasteiger partial charge < -0.3 is 18.9 Å². The third kappa shape index (κ3) is 2.82. The van der Waals surface area contributed by atoms with E-state index in [-0.39, 0.29) is 18.1 Å². The zero-order valence-electron chi connectivity index (χ0n) is 12.4. The molecule has 2 heterocycles. The summed E-state index contributed by atoms with van der Waals surface area (Å²) in [6.07, 6.45) is 1.70. The van der Waals surface area contributed by atoms with Gasteiger partial charge in [0.05, 0.1) is 18.6 Å². The van der Waals surface area contributed by atoms with Crippen molar-refractivity contribution in [2.45, 2.75) is 0 Å². The lowest BCUT2D eigenvalue weighted by Gasteiger charge is -2.26. The first kappa shape index (κ1) is 14.6. The predicted molar refractivity (Wildman–Crippen MR) is 82.1 cm³/mol. The number of aromatic nitrogens is 1. The smallest absolute Gasteiger partial charge is 0.260 e. The number of aryl methyl sites for hydroxylation is 1. The van der Waals surface area contributed by atoms with E-state index in [1.54, 1.807) is 36.3 Å². The average molecular weight is 302 g/mol. The molecule has 2 aromatic rings. The number of amides is 1. The molecule has 1 aromatic heterocycles. The lowest BCUT2D eigenvalue weighted by Crippen LogP contribution is -2.43. The van der Waals surface area contributed by atoms with Gasteiger partial charge in [0, 0.05) is 31.7 Å². The van der Waals surface area contributed by atoms with Crippen molar-refractivity contribution in [3.63, 3.8) is 0 Å². The fourth-order valence-electron chi connectivity index (χ4n) is 2.52. The first-order valence-corrected chi connectivity index (χ1v) is 7.23. The molecule has 1 amide bonds. The Hall–Kier alpha value is -2.34. The molecule has 6 nitrogen and oxygen atoms in total. The van der Waals surface area contributed by atoms with Gasteiger partial charge in [-0.2, -0.15) is 0 Å². The maximum atomic E-state index is 12.1. The highest BCUT2D eigenvalue weighted by atomic mass is 16.5. The van der Waals surface area contributed by atoms with Crippen molar-refractivity contribution in [1.82, 2.24) is 9.47 Å². The molecule has 0 unspecified atom stereocenters. The molecule has 1 aromatic carbocycles. The van der Waals surface area contributed by atoms with E-state index in [2.05, 4.69) is 0 Å². The van der Waals surface area contributed by atoms with Gasteiger partial charge in [-0.1, -0.05) is 6.07 Å². The van der Waals surface area contributed by atoms with Gasteiger partial charge in [-0.15, -0.1) is 0 Å². The van der Waals surface area contributed by atoms with Gasteiger partial charge in [0.15, 0.2) is 6.61 Å². The van der Waals surface area contributed by atoms with Crippen LogP contribution in [-0.2, 0) is 16.6 Å². The van der Waals surface area contributed by atoms with Gasteiger partial charge in [0.2, 0.25) is 0 Å². The molecule has 0 N–H and O–H groups in total. The Morgan fingerprint density at radius 3 is 2.77 bits per heavy atom. The number of hydrogen-bond donors (Lipinski definition) is 0. The van der Waals surface area contributed by atoms with Crippen molar-refractivity contribution >= 4 is 16.7 Å². The third-order valence-electron chi connectivity index (χ3n) is 3.80. The van der Waals surface area contributed by atoms with Crippen LogP contribution in [-0.4, -0.2) is 48.3 Å². The number of pyridine rings is 1. The highest BCUT2D eigenvalue weighted by Crippen LogP contribution is 2.23. The molecule has 0 saturated carbocycles. The van der Waals surface area contributed by atoms with Crippen molar-refractivity contribution in [3.8, 4) is 5.75 Å². The van der Waals surface area contributed by atoms with E-state index in [4.69, 9.17) is 9.47 Å². The van der Waals surface area contributed by atoms with Crippen molar-refractivity contribution in [2.24, 2.45) is 7.05 Å². The van der Waals surface area contributed by atoms with Gasteiger partial charge in [-0.25, -0.2) is 0 Å². The second-order valence-corrected chi connectivity index (χ2v) is 5.23. The number of hydrogen-bond acceptors (Lipinski definition) is 4. The molecule has 0 aliphatic carbocycles. The van der Waals surface area contributed by atoms with E-state index < -0.39 is 0 Å². The van der Waals surface area contributed by atoms with E-state index in [9.17, 15) is 9.59 Å². The third-order valence-corrected chi connectivity index (χ3v) is 3.80. The summed E-state index contributed by atoms with van der Waals surface area (Å²) in [5.41, 5.74) is -0.0811. The van der Waals surface area contributed by atoms with E-state index in [0.717, 1.165) is 5.39 Å². The number of carbonyl (C=O) groups excluding carboxylic acids is 1. The molecule has 6 heteroatoms. The van der Waals surface area contributed by atoms with Gasteiger partial charge >= 0.3 is 0 Å². The number of rotatable bonds is 3. The minimum Gasteiger partial charge on any atom is -0.483 e. The second-order valence-electron chi connectivity index (χ2n) is 5.23. The number of fused-ring (bicyclic) bond motifs is 1. The summed E-state index contributed by atoms with van der Waals surface area (Å²) in [4.78, 5) is 25.9. The number of morpholine rings is 1. The maximum absolute atomic E-state index is 12.1. The predicted octanol–water partition coefficient (Wildman–Crippen LogP) is 0.776.